The molecule has 1 aliphatic rings. The van der Waals surface area contributed by atoms with Crippen molar-refractivity contribution in [3.63, 3.8) is 0 Å². The molecule has 1 unspecified atom stereocenters. The van der Waals surface area contributed by atoms with Crippen molar-refractivity contribution in [1.29, 1.82) is 0 Å². The van der Waals surface area contributed by atoms with Crippen molar-refractivity contribution < 1.29 is 14.1 Å². The third-order valence-electron chi connectivity index (χ3n) is 4.38. The molecule has 1 N–H and O–H groups in total. The second-order valence-electron chi connectivity index (χ2n) is 6.06. The molecule has 2 heterocycles. The summed E-state index contributed by atoms with van der Waals surface area (Å²) < 4.78 is 10.8. The van der Waals surface area contributed by atoms with E-state index in [9.17, 15) is 4.79 Å². The SMILES string of the molecule is CCc1cc(C2CCCN2C(=O)Nc2cc(C)ccc2OC)on1. The Bertz CT molecular complexity index is 726. The Morgan fingerprint density at radius 1 is 1.46 bits per heavy atom. The van der Waals surface area contributed by atoms with E-state index in [1.165, 1.54) is 0 Å². The molecule has 1 aliphatic heterocycles. The third kappa shape index (κ3) is 3.22. The number of aromatic nitrogens is 1. The first-order valence-corrected chi connectivity index (χ1v) is 8.30. The summed E-state index contributed by atoms with van der Waals surface area (Å²) in [4.78, 5) is 14.6. The molecule has 0 saturated carbocycles. The van der Waals surface area contributed by atoms with Crippen LogP contribution in [0.2, 0.25) is 0 Å². The minimum atomic E-state index is -0.143. The third-order valence-corrected chi connectivity index (χ3v) is 4.38. The zero-order chi connectivity index (χ0) is 17.1. The second-order valence-corrected chi connectivity index (χ2v) is 6.06. The van der Waals surface area contributed by atoms with Crippen molar-refractivity contribution in [1.82, 2.24) is 10.1 Å². The first-order chi connectivity index (χ1) is 11.6. The van der Waals surface area contributed by atoms with Crippen LogP contribution in [0, 0.1) is 6.92 Å². The lowest BCUT2D eigenvalue weighted by Crippen LogP contribution is -2.34. The number of nitrogens with one attached hydrogen (secondary N) is 1. The summed E-state index contributed by atoms with van der Waals surface area (Å²) in [5.74, 6) is 1.41. The number of anilines is 1. The summed E-state index contributed by atoms with van der Waals surface area (Å²) in [6, 6.07) is 7.46. The van der Waals surface area contributed by atoms with Gasteiger partial charge < -0.3 is 19.5 Å². The summed E-state index contributed by atoms with van der Waals surface area (Å²) in [6.45, 7) is 4.71. The highest BCUT2D eigenvalue weighted by Crippen LogP contribution is 2.34. The fraction of sp³-hybridized carbons (Fsp3) is 0.444. The molecule has 2 aromatic rings. The summed E-state index contributed by atoms with van der Waals surface area (Å²) in [5.41, 5.74) is 2.66. The van der Waals surface area contributed by atoms with Crippen LogP contribution in [0.5, 0.6) is 5.75 Å². The van der Waals surface area contributed by atoms with Crippen LogP contribution in [0.15, 0.2) is 28.8 Å². The zero-order valence-electron chi connectivity index (χ0n) is 14.3. The number of ether oxygens (including phenoxy) is 1. The molecular weight excluding hydrogens is 306 g/mol. The van der Waals surface area contributed by atoms with Crippen molar-refractivity contribution in [3.8, 4) is 5.75 Å². The highest BCUT2D eigenvalue weighted by Gasteiger charge is 2.33. The van der Waals surface area contributed by atoms with Crippen LogP contribution < -0.4 is 10.1 Å². The molecule has 1 fully saturated rings. The van der Waals surface area contributed by atoms with E-state index < -0.39 is 0 Å². The number of nitrogens with zero attached hydrogens (tertiary/aromatic N) is 2. The Morgan fingerprint density at radius 2 is 2.29 bits per heavy atom. The lowest BCUT2D eigenvalue weighted by molar-refractivity contribution is 0.195. The van der Waals surface area contributed by atoms with E-state index in [1.54, 1.807) is 7.11 Å². The summed E-state index contributed by atoms with van der Waals surface area (Å²) >= 11 is 0. The van der Waals surface area contributed by atoms with Gasteiger partial charge in [0.1, 0.15) is 5.75 Å². The maximum absolute atomic E-state index is 12.8. The van der Waals surface area contributed by atoms with Gasteiger partial charge in [0, 0.05) is 12.6 Å². The average Bonchev–Trinajstić information content (AvgIpc) is 3.23. The fourth-order valence-corrected chi connectivity index (χ4v) is 3.06. The first-order valence-electron chi connectivity index (χ1n) is 8.30. The minimum Gasteiger partial charge on any atom is -0.495 e. The van der Waals surface area contributed by atoms with E-state index >= 15 is 0 Å². The number of carbonyl (C=O) groups excluding carboxylic acids is 1. The van der Waals surface area contributed by atoms with Gasteiger partial charge in [-0.3, -0.25) is 0 Å². The number of aryl methyl sites for hydroxylation is 2. The van der Waals surface area contributed by atoms with Gasteiger partial charge in [0.05, 0.1) is 24.5 Å². The van der Waals surface area contributed by atoms with E-state index in [0.29, 0.717) is 18.0 Å². The van der Waals surface area contributed by atoms with E-state index in [1.807, 2.05) is 43.0 Å². The number of hydrogen-bond acceptors (Lipinski definition) is 4. The van der Waals surface area contributed by atoms with Gasteiger partial charge in [-0.1, -0.05) is 18.1 Å². The number of benzene rings is 1. The normalized spacial score (nSPS) is 17.1. The van der Waals surface area contributed by atoms with Gasteiger partial charge in [0.25, 0.3) is 0 Å². The van der Waals surface area contributed by atoms with Crippen LogP contribution >= 0.6 is 0 Å². The molecule has 0 aliphatic carbocycles. The van der Waals surface area contributed by atoms with Crippen molar-refractivity contribution in [2.75, 3.05) is 19.0 Å². The molecule has 1 aromatic carbocycles. The van der Waals surface area contributed by atoms with Crippen LogP contribution in [0.1, 0.15) is 42.8 Å². The van der Waals surface area contributed by atoms with Gasteiger partial charge in [-0.05, 0) is 43.9 Å². The van der Waals surface area contributed by atoms with Crippen LogP contribution in [0.25, 0.3) is 0 Å². The van der Waals surface area contributed by atoms with Crippen molar-refractivity contribution >= 4 is 11.7 Å². The monoisotopic (exact) mass is 329 g/mol. The number of methoxy groups -OCH3 is 1. The van der Waals surface area contributed by atoms with Gasteiger partial charge in [-0.2, -0.15) is 0 Å². The van der Waals surface area contributed by atoms with Crippen LogP contribution in [-0.4, -0.2) is 29.7 Å². The predicted octanol–water partition coefficient (Wildman–Crippen LogP) is 3.92. The molecule has 1 aromatic heterocycles. The maximum atomic E-state index is 12.8. The van der Waals surface area contributed by atoms with Crippen molar-refractivity contribution in [2.45, 2.75) is 39.2 Å². The first kappa shape index (κ1) is 16.4. The van der Waals surface area contributed by atoms with Gasteiger partial charge in [-0.15, -0.1) is 0 Å². The van der Waals surface area contributed by atoms with E-state index in [2.05, 4.69) is 10.5 Å². The smallest absolute Gasteiger partial charge is 0.322 e. The highest BCUT2D eigenvalue weighted by molar-refractivity contribution is 5.91. The lowest BCUT2D eigenvalue weighted by Gasteiger charge is -2.23. The van der Waals surface area contributed by atoms with Gasteiger partial charge in [-0.25, -0.2) is 4.79 Å². The molecule has 6 heteroatoms. The van der Waals surface area contributed by atoms with Crippen LogP contribution in [0.4, 0.5) is 10.5 Å². The Kier molecular flexibility index (Phi) is 4.74. The zero-order valence-corrected chi connectivity index (χ0v) is 14.3. The Labute approximate surface area is 141 Å². The summed E-state index contributed by atoms with van der Waals surface area (Å²) in [6.07, 6.45) is 2.66. The van der Waals surface area contributed by atoms with Gasteiger partial charge in [0.2, 0.25) is 0 Å². The van der Waals surface area contributed by atoms with Crippen molar-refractivity contribution in [3.05, 3.63) is 41.3 Å². The Morgan fingerprint density at radius 3 is 3.00 bits per heavy atom. The minimum absolute atomic E-state index is 0.0615. The standard InChI is InChI=1S/C18H23N3O3/c1-4-13-11-17(24-20-13)15-6-5-9-21(15)18(22)19-14-10-12(2)7-8-16(14)23-3/h7-8,10-11,15H,4-6,9H2,1-3H3,(H,19,22). The molecule has 24 heavy (non-hydrogen) atoms. The maximum Gasteiger partial charge on any atom is 0.322 e. The summed E-state index contributed by atoms with van der Waals surface area (Å²) in [7, 11) is 1.60. The average molecular weight is 329 g/mol. The van der Waals surface area contributed by atoms with Gasteiger partial charge in [0.15, 0.2) is 5.76 Å². The number of likely N-dealkylation sites (tertiary alicyclic amines) is 1. The predicted molar refractivity (Wildman–Crippen MR) is 91.3 cm³/mol. The topological polar surface area (TPSA) is 67.6 Å². The number of carbonyl (C=O) groups is 1. The van der Waals surface area contributed by atoms with E-state index in [-0.39, 0.29) is 12.1 Å². The molecule has 128 valence electrons. The molecule has 6 nitrogen and oxygen atoms in total. The number of amides is 2. The second kappa shape index (κ2) is 6.95. The van der Waals surface area contributed by atoms with Crippen LogP contribution in [-0.2, 0) is 6.42 Å². The van der Waals surface area contributed by atoms with Crippen LogP contribution in [0.3, 0.4) is 0 Å². The molecule has 3 rings (SSSR count). The molecular formula is C18H23N3O3. The largest absolute Gasteiger partial charge is 0.495 e. The molecule has 0 bridgehead atoms. The number of hydrogen-bond donors (Lipinski definition) is 1. The molecule has 2 amide bonds. The number of urea groups is 1. The molecule has 1 saturated heterocycles. The highest BCUT2D eigenvalue weighted by atomic mass is 16.5. The van der Waals surface area contributed by atoms with E-state index in [0.717, 1.165) is 36.3 Å². The van der Waals surface area contributed by atoms with Gasteiger partial charge >= 0.3 is 6.03 Å². The van der Waals surface area contributed by atoms with Crippen molar-refractivity contribution in [2.24, 2.45) is 0 Å². The Balaban J connectivity index is 1.77. The molecule has 0 radical (unpaired) electrons. The lowest BCUT2D eigenvalue weighted by atomic mass is 10.1. The molecule has 1 atom stereocenters. The Hall–Kier alpha value is -2.50. The number of rotatable bonds is 4. The summed E-state index contributed by atoms with van der Waals surface area (Å²) in [5, 5.41) is 7.01. The fourth-order valence-electron chi connectivity index (χ4n) is 3.06. The quantitative estimate of drug-likeness (QED) is 0.923. The van der Waals surface area contributed by atoms with E-state index in [4.69, 9.17) is 9.26 Å². The molecule has 0 spiro atoms.